The number of nitrogens with zero attached hydrogens (tertiary/aromatic N) is 5. The van der Waals surface area contributed by atoms with E-state index in [-0.39, 0.29) is 0 Å². The summed E-state index contributed by atoms with van der Waals surface area (Å²) in [4.78, 5) is 9.46. The monoisotopic (exact) mass is 357 g/mol. The Morgan fingerprint density at radius 3 is 2.19 bits per heavy atom. The van der Waals surface area contributed by atoms with Gasteiger partial charge in [-0.15, -0.1) is 5.10 Å². The van der Waals surface area contributed by atoms with Crippen LogP contribution in [-0.4, -0.2) is 72.3 Å². The molecule has 1 aromatic heterocycles. The molecule has 2 saturated heterocycles. The van der Waals surface area contributed by atoms with E-state index in [0.29, 0.717) is 6.04 Å². The summed E-state index contributed by atoms with van der Waals surface area (Å²) < 4.78 is 12.7. The van der Waals surface area contributed by atoms with Crippen molar-refractivity contribution in [3.05, 3.63) is 29.8 Å². The third-order valence-electron chi connectivity index (χ3n) is 5.28. The molecule has 1 aromatic carbocycles. The van der Waals surface area contributed by atoms with Gasteiger partial charge in [-0.05, 0) is 12.5 Å². The van der Waals surface area contributed by atoms with E-state index in [1.807, 2.05) is 11.7 Å². The van der Waals surface area contributed by atoms with Gasteiger partial charge in [0.2, 0.25) is 5.95 Å². The Hall–Kier alpha value is -1.96. The summed E-state index contributed by atoms with van der Waals surface area (Å²) in [6.45, 7) is 9.11. The largest absolute Gasteiger partial charge is 0.379 e. The van der Waals surface area contributed by atoms with Crippen LogP contribution in [0.15, 0.2) is 24.3 Å². The summed E-state index contributed by atoms with van der Waals surface area (Å²) in [5.74, 6) is 1.69. The zero-order valence-electron chi connectivity index (χ0n) is 15.6. The van der Waals surface area contributed by atoms with Crippen LogP contribution in [0.25, 0.3) is 11.4 Å². The van der Waals surface area contributed by atoms with Crippen molar-refractivity contribution in [1.82, 2.24) is 19.7 Å². The van der Waals surface area contributed by atoms with E-state index in [1.165, 1.54) is 5.56 Å². The minimum absolute atomic E-state index is 0.397. The van der Waals surface area contributed by atoms with Crippen molar-refractivity contribution in [1.29, 1.82) is 0 Å². The highest BCUT2D eigenvalue weighted by atomic mass is 16.5. The molecule has 2 aliphatic heterocycles. The number of rotatable bonds is 4. The molecule has 7 nitrogen and oxygen atoms in total. The lowest BCUT2D eigenvalue weighted by molar-refractivity contribution is 0.0198. The van der Waals surface area contributed by atoms with Gasteiger partial charge >= 0.3 is 0 Å². The molecule has 1 atom stereocenters. The molecule has 0 amide bonds. The molecular formula is C19H27N5O2. The van der Waals surface area contributed by atoms with Gasteiger partial charge in [0.15, 0.2) is 5.82 Å². The molecular weight excluding hydrogens is 330 g/mol. The van der Waals surface area contributed by atoms with Gasteiger partial charge in [-0.2, -0.15) is 4.98 Å². The van der Waals surface area contributed by atoms with Crippen LogP contribution < -0.4 is 4.90 Å². The maximum atomic E-state index is 5.45. The van der Waals surface area contributed by atoms with Gasteiger partial charge in [-0.25, -0.2) is 4.68 Å². The molecule has 2 fully saturated rings. The van der Waals surface area contributed by atoms with Crippen molar-refractivity contribution in [3.63, 3.8) is 0 Å². The standard InChI is InChI=1S/C19H27N5O2/c1-15(23-7-11-25-12-8-23)16-3-5-17(6-4-16)18-20-19(22(2)21-18)24-9-13-26-14-10-24/h3-6,15H,7-14H2,1-2H3/t15-/m0/s1. The number of hydrogen-bond acceptors (Lipinski definition) is 6. The SMILES string of the molecule is C[C@@H](c1ccc(-c2nc(N3CCOCC3)n(C)n2)cc1)N1CCOCC1. The molecule has 0 spiro atoms. The van der Waals surface area contributed by atoms with E-state index in [9.17, 15) is 0 Å². The predicted octanol–water partition coefficient (Wildman–Crippen LogP) is 1.71. The first-order chi connectivity index (χ1) is 12.7. The second-order valence-corrected chi connectivity index (χ2v) is 6.90. The molecule has 0 aliphatic carbocycles. The van der Waals surface area contributed by atoms with Crippen LogP contribution in [0.5, 0.6) is 0 Å². The quantitative estimate of drug-likeness (QED) is 0.830. The van der Waals surface area contributed by atoms with Crippen molar-refractivity contribution in [3.8, 4) is 11.4 Å². The molecule has 26 heavy (non-hydrogen) atoms. The molecule has 2 aromatic rings. The average molecular weight is 357 g/mol. The number of benzene rings is 1. The molecule has 0 radical (unpaired) electrons. The third-order valence-corrected chi connectivity index (χ3v) is 5.28. The van der Waals surface area contributed by atoms with Gasteiger partial charge in [0.1, 0.15) is 0 Å². The number of ether oxygens (including phenoxy) is 2. The first kappa shape index (κ1) is 17.5. The summed E-state index contributed by atoms with van der Waals surface area (Å²) >= 11 is 0. The zero-order valence-corrected chi connectivity index (χ0v) is 15.6. The van der Waals surface area contributed by atoms with E-state index in [4.69, 9.17) is 14.5 Å². The smallest absolute Gasteiger partial charge is 0.224 e. The summed E-state index contributed by atoms with van der Waals surface area (Å²) in [7, 11) is 1.95. The highest BCUT2D eigenvalue weighted by Crippen LogP contribution is 2.25. The van der Waals surface area contributed by atoms with Gasteiger partial charge in [0.25, 0.3) is 0 Å². The first-order valence-electron chi connectivity index (χ1n) is 9.38. The van der Waals surface area contributed by atoms with Crippen molar-refractivity contribution in [2.45, 2.75) is 13.0 Å². The Morgan fingerprint density at radius 1 is 0.923 bits per heavy atom. The Balaban J connectivity index is 1.49. The maximum Gasteiger partial charge on any atom is 0.224 e. The average Bonchev–Trinajstić information content (AvgIpc) is 3.10. The van der Waals surface area contributed by atoms with Crippen LogP contribution in [0.3, 0.4) is 0 Å². The summed E-state index contributed by atoms with van der Waals surface area (Å²) in [6, 6.07) is 9.05. The van der Waals surface area contributed by atoms with Crippen LogP contribution in [-0.2, 0) is 16.5 Å². The van der Waals surface area contributed by atoms with E-state index in [2.05, 4.69) is 46.1 Å². The van der Waals surface area contributed by atoms with Crippen LogP contribution >= 0.6 is 0 Å². The third kappa shape index (κ3) is 3.60. The fourth-order valence-corrected chi connectivity index (χ4v) is 3.62. The lowest BCUT2D eigenvalue weighted by Gasteiger charge is -2.32. The number of aromatic nitrogens is 3. The maximum absolute atomic E-state index is 5.45. The molecule has 0 unspecified atom stereocenters. The molecule has 3 heterocycles. The van der Waals surface area contributed by atoms with Gasteiger partial charge < -0.3 is 14.4 Å². The van der Waals surface area contributed by atoms with E-state index in [1.54, 1.807) is 0 Å². The van der Waals surface area contributed by atoms with E-state index in [0.717, 1.165) is 69.9 Å². The number of anilines is 1. The fourth-order valence-electron chi connectivity index (χ4n) is 3.62. The minimum Gasteiger partial charge on any atom is -0.379 e. The lowest BCUT2D eigenvalue weighted by atomic mass is 10.0. The second-order valence-electron chi connectivity index (χ2n) is 6.90. The summed E-state index contributed by atoms with van der Waals surface area (Å²) in [5, 5.41) is 4.62. The molecule has 0 saturated carbocycles. The number of morpholine rings is 2. The molecule has 7 heteroatoms. The van der Waals surface area contributed by atoms with Gasteiger partial charge in [0, 0.05) is 44.8 Å². The minimum atomic E-state index is 0.397. The number of aryl methyl sites for hydroxylation is 1. The van der Waals surface area contributed by atoms with E-state index < -0.39 is 0 Å². The predicted molar refractivity (Wildman–Crippen MR) is 100 cm³/mol. The lowest BCUT2D eigenvalue weighted by Crippen LogP contribution is -2.37. The highest BCUT2D eigenvalue weighted by molar-refractivity contribution is 5.57. The Morgan fingerprint density at radius 2 is 1.54 bits per heavy atom. The van der Waals surface area contributed by atoms with Crippen LogP contribution in [0.2, 0.25) is 0 Å². The fraction of sp³-hybridized carbons (Fsp3) is 0.579. The van der Waals surface area contributed by atoms with Gasteiger partial charge in [0.05, 0.1) is 26.4 Å². The molecule has 0 N–H and O–H groups in total. The van der Waals surface area contributed by atoms with Crippen LogP contribution in [0.1, 0.15) is 18.5 Å². The molecule has 2 aliphatic rings. The number of hydrogen-bond donors (Lipinski definition) is 0. The highest BCUT2D eigenvalue weighted by Gasteiger charge is 2.20. The van der Waals surface area contributed by atoms with Crippen molar-refractivity contribution in [2.24, 2.45) is 7.05 Å². The Kier molecular flexibility index (Phi) is 5.19. The van der Waals surface area contributed by atoms with Gasteiger partial charge in [-0.3, -0.25) is 4.90 Å². The Labute approximate surface area is 154 Å². The topological polar surface area (TPSA) is 55.7 Å². The second kappa shape index (κ2) is 7.73. The van der Waals surface area contributed by atoms with Gasteiger partial charge in [-0.1, -0.05) is 24.3 Å². The van der Waals surface area contributed by atoms with Crippen molar-refractivity contribution >= 4 is 5.95 Å². The Bertz CT molecular complexity index is 718. The first-order valence-corrected chi connectivity index (χ1v) is 9.38. The molecule has 0 bridgehead atoms. The summed E-state index contributed by atoms with van der Waals surface area (Å²) in [5.41, 5.74) is 2.37. The van der Waals surface area contributed by atoms with Crippen molar-refractivity contribution in [2.75, 3.05) is 57.5 Å². The van der Waals surface area contributed by atoms with Crippen LogP contribution in [0.4, 0.5) is 5.95 Å². The summed E-state index contributed by atoms with van der Waals surface area (Å²) in [6.07, 6.45) is 0. The molecule has 4 rings (SSSR count). The van der Waals surface area contributed by atoms with E-state index >= 15 is 0 Å². The zero-order chi connectivity index (χ0) is 17.9. The molecule has 140 valence electrons. The normalized spacial score (nSPS) is 20.3. The van der Waals surface area contributed by atoms with Crippen LogP contribution in [0, 0.1) is 0 Å². The van der Waals surface area contributed by atoms with Crippen molar-refractivity contribution < 1.29 is 9.47 Å².